The first-order valence-electron chi connectivity index (χ1n) is 6.24. The van der Waals surface area contributed by atoms with Gasteiger partial charge >= 0.3 is 12.1 Å². The van der Waals surface area contributed by atoms with Crippen LogP contribution in [-0.2, 0) is 0 Å². The third-order valence-electron chi connectivity index (χ3n) is 2.86. The van der Waals surface area contributed by atoms with Crippen molar-refractivity contribution in [3.05, 3.63) is 48.5 Å². The summed E-state index contributed by atoms with van der Waals surface area (Å²) in [6.07, 6.45) is 2.07. The minimum absolute atomic E-state index is 0.156. The summed E-state index contributed by atoms with van der Waals surface area (Å²) in [5.41, 5.74) is 7.38. The molecule has 0 aliphatic heterocycles. The monoisotopic (exact) mass is 299 g/mol. The maximum atomic E-state index is 13.0. The number of nitrogens with one attached hydrogen (secondary N) is 1. The molecule has 3 N–H and O–H groups in total. The quantitative estimate of drug-likeness (QED) is 0.770. The van der Waals surface area contributed by atoms with Crippen LogP contribution < -0.4 is 10.5 Å². The predicted octanol–water partition coefficient (Wildman–Crippen LogP) is 2.13. The average Bonchev–Trinajstić information content (AvgIpc) is 2.97. The Morgan fingerprint density at radius 1 is 1.23 bits per heavy atom. The van der Waals surface area contributed by atoms with Crippen LogP contribution in [0.1, 0.15) is 0 Å². The number of primary amides is 1. The molecular weight excluding hydrogens is 289 g/mol. The predicted molar refractivity (Wildman–Crippen MR) is 75.2 cm³/mol. The second-order valence-corrected chi connectivity index (χ2v) is 4.30. The number of benzene rings is 1. The first kappa shape index (κ1) is 13.7. The fourth-order valence-corrected chi connectivity index (χ4v) is 1.94. The van der Waals surface area contributed by atoms with Crippen LogP contribution >= 0.6 is 0 Å². The lowest BCUT2D eigenvalue weighted by molar-refractivity contribution is 0.207. The molecule has 0 unspecified atom stereocenters. The third-order valence-corrected chi connectivity index (χ3v) is 2.86. The zero-order chi connectivity index (χ0) is 15.5. The fourth-order valence-electron chi connectivity index (χ4n) is 1.94. The zero-order valence-electron chi connectivity index (χ0n) is 11.2. The van der Waals surface area contributed by atoms with Crippen LogP contribution in [0.4, 0.5) is 9.18 Å². The molecule has 1 amide bonds. The van der Waals surface area contributed by atoms with Crippen molar-refractivity contribution >= 4 is 6.09 Å². The lowest BCUT2D eigenvalue weighted by Crippen LogP contribution is -2.17. The summed E-state index contributed by atoms with van der Waals surface area (Å²) >= 11 is 0. The summed E-state index contributed by atoms with van der Waals surface area (Å²) in [7, 11) is 0. The molecule has 0 saturated heterocycles. The van der Waals surface area contributed by atoms with Gasteiger partial charge in [0.25, 0.3) is 0 Å². The molecule has 0 saturated carbocycles. The van der Waals surface area contributed by atoms with Crippen LogP contribution in [0.15, 0.2) is 42.7 Å². The normalized spacial score (nSPS) is 10.4. The Hall–Kier alpha value is -3.29. The van der Waals surface area contributed by atoms with E-state index in [0.29, 0.717) is 22.5 Å². The Morgan fingerprint density at radius 3 is 2.73 bits per heavy atom. The highest BCUT2D eigenvalue weighted by atomic mass is 19.1. The molecule has 0 aliphatic rings. The fraction of sp³-hybridized carbons (Fsp3) is 0. The summed E-state index contributed by atoms with van der Waals surface area (Å²) in [5, 5.41) is 6.88. The first-order valence-corrected chi connectivity index (χ1v) is 6.24. The molecule has 0 aliphatic carbocycles. The van der Waals surface area contributed by atoms with E-state index in [1.54, 1.807) is 24.4 Å². The van der Waals surface area contributed by atoms with Gasteiger partial charge in [0.15, 0.2) is 0 Å². The van der Waals surface area contributed by atoms with E-state index in [4.69, 9.17) is 5.73 Å². The molecular formula is C14H10FN5O2. The van der Waals surface area contributed by atoms with Crippen molar-refractivity contribution in [2.45, 2.75) is 0 Å². The van der Waals surface area contributed by atoms with Gasteiger partial charge in [-0.3, -0.25) is 5.10 Å². The molecule has 0 atom stereocenters. The van der Waals surface area contributed by atoms with E-state index in [9.17, 15) is 9.18 Å². The maximum absolute atomic E-state index is 13.0. The second kappa shape index (κ2) is 5.60. The van der Waals surface area contributed by atoms with Crippen molar-refractivity contribution < 1.29 is 13.9 Å². The molecule has 7 nitrogen and oxygen atoms in total. The highest BCUT2D eigenvalue weighted by Crippen LogP contribution is 2.29. The van der Waals surface area contributed by atoms with Gasteiger partial charge in [-0.15, -0.1) is 0 Å². The molecule has 2 heterocycles. The molecule has 0 fully saturated rings. The van der Waals surface area contributed by atoms with Crippen molar-refractivity contribution in [1.82, 2.24) is 20.2 Å². The summed E-state index contributed by atoms with van der Waals surface area (Å²) in [5.74, 6) is -0.333. The van der Waals surface area contributed by atoms with E-state index in [1.165, 1.54) is 18.3 Å². The minimum atomic E-state index is -0.997. The molecule has 3 rings (SSSR count). The number of halogens is 1. The molecule has 110 valence electrons. The van der Waals surface area contributed by atoms with Crippen LogP contribution in [-0.4, -0.2) is 26.3 Å². The number of ether oxygens (including phenoxy) is 1. The van der Waals surface area contributed by atoms with Gasteiger partial charge in [0.05, 0.1) is 5.69 Å². The first-order chi connectivity index (χ1) is 10.6. The molecule has 0 spiro atoms. The lowest BCUT2D eigenvalue weighted by Gasteiger charge is -2.04. The Morgan fingerprint density at radius 2 is 2.00 bits per heavy atom. The van der Waals surface area contributed by atoms with Crippen LogP contribution in [0, 0.1) is 5.82 Å². The second-order valence-electron chi connectivity index (χ2n) is 4.30. The smallest absolute Gasteiger partial charge is 0.374 e. The molecule has 1 aromatic carbocycles. The number of rotatable bonds is 3. The number of carbonyl (C=O) groups excluding carboxylic acids is 1. The molecule has 0 bridgehead atoms. The summed E-state index contributed by atoms with van der Waals surface area (Å²) in [6.45, 7) is 0. The van der Waals surface area contributed by atoms with E-state index in [0.717, 1.165) is 0 Å². The molecule has 0 radical (unpaired) electrons. The summed E-state index contributed by atoms with van der Waals surface area (Å²) < 4.78 is 17.7. The number of aromatic amines is 1. The van der Waals surface area contributed by atoms with Gasteiger partial charge in [-0.1, -0.05) is 0 Å². The van der Waals surface area contributed by atoms with E-state index in [1.807, 2.05) is 0 Å². The van der Waals surface area contributed by atoms with Crippen LogP contribution in [0.25, 0.3) is 22.5 Å². The number of hydrogen-bond acceptors (Lipinski definition) is 5. The molecule has 22 heavy (non-hydrogen) atoms. The average molecular weight is 299 g/mol. The van der Waals surface area contributed by atoms with E-state index in [2.05, 4.69) is 24.9 Å². The summed E-state index contributed by atoms with van der Waals surface area (Å²) in [6, 6.07) is 7.38. The third kappa shape index (κ3) is 2.75. The molecule has 2 aromatic heterocycles. The van der Waals surface area contributed by atoms with Gasteiger partial charge in [0.1, 0.15) is 11.5 Å². The zero-order valence-corrected chi connectivity index (χ0v) is 11.2. The number of carbonyl (C=O) groups is 1. The highest BCUT2D eigenvalue weighted by molar-refractivity contribution is 5.78. The van der Waals surface area contributed by atoms with Crippen LogP contribution in [0.2, 0.25) is 0 Å². The number of nitrogens with two attached hydrogens (primary N) is 1. The van der Waals surface area contributed by atoms with Crippen molar-refractivity contribution in [3.63, 3.8) is 0 Å². The Labute approximate surface area is 124 Å². The van der Waals surface area contributed by atoms with E-state index in [-0.39, 0.29) is 11.8 Å². The summed E-state index contributed by atoms with van der Waals surface area (Å²) in [4.78, 5) is 18.6. The Bertz CT molecular complexity index is 816. The van der Waals surface area contributed by atoms with Crippen LogP contribution in [0.3, 0.4) is 0 Å². The van der Waals surface area contributed by atoms with Crippen molar-refractivity contribution in [3.8, 4) is 28.5 Å². The Balaban J connectivity index is 2.01. The lowest BCUT2D eigenvalue weighted by atomic mass is 10.1. The maximum Gasteiger partial charge on any atom is 0.412 e. The number of hydrogen-bond donors (Lipinski definition) is 2. The van der Waals surface area contributed by atoms with E-state index < -0.39 is 6.09 Å². The van der Waals surface area contributed by atoms with Gasteiger partial charge in [0, 0.05) is 23.5 Å². The van der Waals surface area contributed by atoms with Crippen molar-refractivity contribution in [2.24, 2.45) is 5.73 Å². The van der Waals surface area contributed by atoms with Gasteiger partial charge in [-0.05, 0) is 30.3 Å². The van der Waals surface area contributed by atoms with Crippen molar-refractivity contribution in [1.29, 1.82) is 0 Å². The minimum Gasteiger partial charge on any atom is -0.374 e. The topological polar surface area (TPSA) is 107 Å². The standard InChI is InChI=1S/C14H10FN5O2/c15-9-3-1-8(2-4-9)12-10(7-18-20-12)11-5-6-17-14(19-11)22-13(16)21/h1-7H,(H2,16,21)(H,18,20). The van der Waals surface area contributed by atoms with Gasteiger partial charge < -0.3 is 10.5 Å². The Kier molecular flexibility index (Phi) is 3.48. The van der Waals surface area contributed by atoms with Crippen molar-refractivity contribution in [2.75, 3.05) is 0 Å². The highest BCUT2D eigenvalue weighted by Gasteiger charge is 2.13. The van der Waals surface area contributed by atoms with Crippen LogP contribution in [0.5, 0.6) is 6.01 Å². The van der Waals surface area contributed by atoms with Gasteiger partial charge in [0.2, 0.25) is 0 Å². The SMILES string of the molecule is NC(=O)Oc1nccc(-c2c[nH]nc2-c2ccc(F)cc2)n1. The number of nitrogens with zero attached hydrogens (tertiary/aromatic N) is 3. The number of H-pyrrole nitrogens is 1. The largest absolute Gasteiger partial charge is 0.412 e. The number of aromatic nitrogens is 4. The molecule has 3 aromatic rings. The van der Waals surface area contributed by atoms with Gasteiger partial charge in [-0.2, -0.15) is 10.1 Å². The van der Waals surface area contributed by atoms with E-state index >= 15 is 0 Å². The number of amides is 1. The molecule has 8 heteroatoms. The van der Waals surface area contributed by atoms with Gasteiger partial charge in [-0.25, -0.2) is 14.2 Å².